The normalized spacial score (nSPS) is 8.22. The van der Waals surface area contributed by atoms with Gasteiger partial charge >= 0.3 is 0 Å². The molecule has 5 heteroatoms. The first-order chi connectivity index (χ1) is 3.84. The van der Waals surface area contributed by atoms with Crippen LogP contribution in [0.2, 0.25) is 0 Å². The highest BCUT2D eigenvalue weighted by Gasteiger charge is 1.91. The molecule has 1 N–H and O–H groups in total. The van der Waals surface area contributed by atoms with Crippen molar-refractivity contribution < 1.29 is 0 Å². The lowest BCUT2D eigenvalue weighted by atomic mass is 10.9. The highest BCUT2D eigenvalue weighted by atomic mass is 127. The van der Waals surface area contributed by atoms with Crippen molar-refractivity contribution in [1.29, 1.82) is 0 Å². The van der Waals surface area contributed by atoms with Gasteiger partial charge in [-0.25, -0.2) is 0 Å². The van der Waals surface area contributed by atoms with Gasteiger partial charge < -0.3 is 9.88 Å². The van der Waals surface area contributed by atoms with E-state index in [4.69, 9.17) is 0 Å². The number of nitrogens with one attached hydrogen (secondary N) is 1. The molecule has 0 spiro atoms. The summed E-state index contributed by atoms with van der Waals surface area (Å²) in [6.45, 7) is 0. The second kappa shape index (κ2) is 3.65. The molecular formula is C4H9IN4. The van der Waals surface area contributed by atoms with E-state index >= 15 is 0 Å². The second-order valence-electron chi connectivity index (χ2n) is 1.52. The Kier molecular flexibility index (Phi) is 3.52. The Hall–Kier alpha value is -0.330. The summed E-state index contributed by atoms with van der Waals surface area (Å²) in [6, 6.07) is 0. The van der Waals surface area contributed by atoms with Gasteiger partial charge in [-0.05, 0) is 0 Å². The van der Waals surface area contributed by atoms with Crippen molar-refractivity contribution in [2.45, 2.75) is 0 Å². The minimum absolute atomic E-state index is 0. The monoisotopic (exact) mass is 240 g/mol. The third-order valence-electron chi connectivity index (χ3n) is 0.935. The van der Waals surface area contributed by atoms with E-state index in [1.807, 2.05) is 14.1 Å². The lowest BCUT2D eigenvalue weighted by Crippen LogP contribution is -1.96. The molecular weight excluding hydrogens is 231 g/mol. The summed E-state index contributed by atoms with van der Waals surface area (Å²) in [4.78, 5) is 0. The van der Waals surface area contributed by atoms with Crippen LogP contribution >= 0.6 is 24.0 Å². The van der Waals surface area contributed by atoms with Crippen molar-refractivity contribution in [2.75, 3.05) is 12.4 Å². The zero-order valence-corrected chi connectivity index (χ0v) is 7.66. The average molecular weight is 240 g/mol. The molecule has 1 aromatic rings. The Bertz CT molecular complexity index is 173. The van der Waals surface area contributed by atoms with E-state index in [1.54, 1.807) is 10.9 Å². The van der Waals surface area contributed by atoms with Crippen molar-refractivity contribution in [3.63, 3.8) is 0 Å². The van der Waals surface area contributed by atoms with Crippen molar-refractivity contribution >= 4 is 29.9 Å². The number of aryl methyl sites for hydroxylation is 1. The maximum atomic E-state index is 3.74. The maximum Gasteiger partial charge on any atom is 0.223 e. The van der Waals surface area contributed by atoms with Crippen molar-refractivity contribution in [2.24, 2.45) is 7.05 Å². The predicted molar refractivity (Wildman–Crippen MR) is 46.0 cm³/mol. The van der Waals surface area contributed by atoms with Gasteiger partial charge in [-0.2, -0.15) is 0 Å². The van der Waals surface area contributed by atoms with Crippen LogP contribution in [0.25, 0.3) is 0 Å². The molecule has 1 heterocycles. The Balaban J connectivity index is 0.000000640. The predicted octanol–water partition coefficient (Wildman–Crippen LogP) is 0.475. The second-order valence-corrected chi connectivity index (χ2v) is 1.52. The standard InChI is InChI=1S/C4H8N4.HI/c1-5-4-7-6-3-8(4)2;/h3H,1-2H3,(H,5,7);1H. The zero-order valence-electron chi connectivity index (χ0n) is 5.33. The fraction of sp³-hybridized carbons (Fsp3) is 0.500. The summed E-state index contributed by atoms with van der Waals surface area (Å²) < 4.78 is 1.81. The highest BCUT2D eigenvalue weighted by molar-refractivity contribution is 14.0. The van der Waals surface area contributed by atoms with Gasteiger partial charge in [0.15, 0.2) is 0 Å². The van der Waals surface area contributed by atoms with E-state index in [2.05, 4.69) is 15.5 Å². The Morgan fingerprint density at radius 3 is 2.56 bits per heavy atom. The number of nitrogens with zero attached hydrogens (tertiary/aromatic N) is 3. The summed E-state index contributed by atoms with van der Waals surface area (Å²) >= 11 is 0. The molecule has 9 heavy (non-hydrogen) atoms. The van der Waals surface area contributed by atoms with Crippen LogP contribution in [0.1, 0.15) is 0 Å². The van der Waals surface area contributed by atoms with Gasteiger partial charge in [0, 0.05) is 14.1 Å². The molecule has 0 aromatic carbocycles. The van der Waals surface area contributed by atoms with E-state index in [0.717, 1.165) is 5.95 Å². The van der Waals surface area contributed by atoms with Crippen LogP contribution in [-0.4, -0.2) is 21.8 Å². The molecule has 0 saturated carbocycles. The van der Waals surface area contributed by atoms with E-state index in [-0.39, 0.29) is 24.0 Å². The fourth-order valence-corrected chi connectivity index (χ4v) is 0.510. The summed E-state index contributed by atoms with van der Waals surface area (Å²) in [5.74, 6) is 0.782. The molecule has 0 saturated heterocycles. The molecule has 0 fully saturated rings. The fourth-order valence-electron chi connectivity index (χ4n) is 0.510. The third-order valence-corrected chi connectivity index (χ3v) is 0.935. The summed E-state index contributed by atoms with van der Waals surface area (Å²) in [7, 11) is 3.69. The first-order valence-corrected chi connectivity index (χ1v) is 2.36. The average Bonchev–Trinajstić information content (AvgIpc) is 2.14. The molecule has 0 unspecified atom stereocenters. The van der Waals surface area contributed by atoms with Crippen LogP contribution in [0.3, 0.4) is 0 Å². The number of anilines is 1. The van der Waals surface area contributed by atoms with Gasteiger partial charge in [0.2, 0.25) is 5.95 Å². The van der Waals surface area contributed by atoms with E-state index in [0.29, 0.717) is 0 Å². The third kappa shape index (κ3) is 1.81. The highest BCUT2D eigenvalue weighted by Crippen LogP contribution is 1.93. The van der Waals surface area contributed by atoms with E-state index in [1.165, 1.54) is 0 Å². The lowest BCUT2D eigenvalue weighted by molar-refractivity contribution is 0.915. The lowest BCUT2D eigenvalue weighted by Gasteiger charge is -1.93. The Morgan fingerprint density at radius 2 is 2.33 bits per heavy atom. The molecule has 0 aliphatic rings. The molecule has 0 amide bonds. The van der Waals surface area contributed by atoms with Crippen LogP contribution in [0, 0.1) is 0 Å². The first kappa shape index (κ1) is 8.67. The van der Waals surface area contributed by atoms with Crippen LogP contribution in [0.15, 0.2) is 6.33 Å². The summed E-state index contributed by atoms with van der Waals surface area (Å²) in [5.41, 5.74) is 0. The van der Waals surface area contributed by atoms with Gasteiger partial charge in [-0.15, -0.1) is 34.2 Å². The molecule has 0 bridgehead atoms. The van der Waals surface area contributed by atoms with Gasteiger partial charge in [0.1, 0.15) is 6.33 Å². The van der Waals surface area contributed by atoms with Crippen LogP contribution < -0.4 is 5.32 Å². The number of hydrogen-bond acceptors (Lipinski definition) is 3. The van der Waals surface area contributed by atoms with Gasteiger partial charge in [-0.3, -0.25) is 0 Å². The molecule has 52 valence electrons. The molecule has 0 radical (unpaired) electrons. The SMILES string of the molecule is CNc1nncn1C.I. The van der Waals surface area contributed by atoms with Crippen molar-refractivity contribution in [3.05, 3.63) is 6.33 Å². The van der Waals surface area contributed by atoms with Crippen molar-refractivity contribution in [3.8, 4) is 0 Å². The first-order valence-electron chi connectivity index (χ1n) is 2.36. The minimum atomic E-state index is 0. The molecule has 0 aliphatic carbocycles. The topological polar surface area (TPSA) is 42.7 Å². The largest absolute Gasteiger partial charge is 0.357 e. The van der Waals surface area contributed by atoms with E-state index < -0.39 is 0 Å². The van der Waals surface area contributed by atoms with Gasteiger partial charge in [0.05, 0.1) is 0 Å². The minimum Gasteiger partial charge on any atom is -0.357 e. The van der Waals surface area contributed by atoms with Gasteiger partial charge in [-0.1, -0.05) is 0 Å². The molecule has 1 aromatic heterocycles. The maximum absolute atomic E-state index is 3.74. The number of rotatable bonds is 1. The summed E-state index contributed by atoms with van der Waals surface area (Å²) in [6.07, 6.45) is 1.64. The number of hydrogen-bond donors (Lipinski definition) is 1. The van der Waals surface area contributed by atoms with E-state index in [9.17, 15) is 0 Å². The molecule has 4 nitrogen and oxygen atoms in total. The van der Waals surface area contributed by atoms with Crippen molar-refractivity contribution in [1.82, 2.24) is 14.8 Å². The smallest absolute Gasteiger partial charge is 0.223 e. The van der Waals surface area contributed by atoms with Gasteiger partial charge in [0.25, 0.3) is 0 Å². The zero-order chi connectivity index (χ0) is 5.98. The number of halogens is 1. The van der Waals surface area contributed by atoms with Crippen LogP contribution in [0.4, 0.5) is 5.95 Å². The summed E-state index contributed by atoms with van der Waals surface area (Å²) in [5, 5.41) is 10.2. The van der Waals surface area contributed by atoms with Crippen LogP contribution in [0.5, 0.6) is 0 Å². The number of aromatic nitrogens is 3. The molecule has 1 rings (SSSR count). The van der Waals surface area contributed by atoms with Crippen LogP contribution in [-0.2, 0) is 7.05 Å². The molecule has 0 aliphatic heterocycles. The Morgan fingerprint density at radius 1 is 1.67 bits per heavy atom. The quantitative estimate of drug-likeness (QED) is 0.726. The Labute approximate surface area is 70.7 Å². The molecule has 0 atom stereocenters.